The minimum atomic E-state index is 0. The van der Waals surface area contributed by atoms with Crippen molar-refractivity contribution in [3.8, 4) is 0 Å². The second-order valence-corrected chi connectivity index (χ2v) is 4.26. The van der Waals surface area contributed by atoms with Gasteiger partial charge in [-0.05, 0) is 0 Å². The van der Waals surface area contributed by atoms with Crippen LogP contribution in [-0.2, 0) is 26.2 Å². The number of benzene rings is 1. The van der Waals surface area contributed by atoms with Gasteiger partial charge in [-0.2, -0.15) is 18.4 Å². The average Bonchev–Trinajstić information content (AvgIpc) is 2.41. The first kappa shape index (κ1) is 20.6. The molecule has 1 aliphatic rings. The first-order valence-corrected chi connectivity index (χ1v) is 5.72. The number of aryl methyl sites for hydroxylation is 2. The van der Waals surface area contributed by atoms with Gasteiger partial charge in [-0.1, -0.05) is 19.9 Å². The van der Waals surface area contributed by atoms with Crippen molar-refractivity contribution in [2.75, 3.05) is 0 Å². The van der Waals surface area contributed by atoms with Crippen LogP contribution in [0.15, 0.2) is 30.3 Å². The molecule has 18 heavy (non-hydrogen) atoms. The normalized spacial score (nSPS) is 11.9. The van der Waals surface area contributed by atoms with Crippen molar-refractivity contribution in [3.63, 3.8) is 0 Å². The molecule has 0 amide bonds. The minimum Gasteiger partial charge on any atom is -1.00 e. The Bertz CT molecular complexity index is 441. The zero-order valence-electron chi connectivity index (χ0n) is 10.8. The third-order valence-corrected chi connectivity index (χ3v) is 3.14. The second-order valence-electron chi connectivity index (χ2n) is 4.26. The van der Waals surface area contributed by atoms with Crippen molar-refractivity contribution in [1.82, 2.24) is 0 Å². The van der Waals surface area contributed by atoms with E-state index in [1.807, 2.05) is 0 Å². The van der Waals surface area contributed by atoms with Crippen LogP contribution in [0, 0.1) is 20.3 Å². The molecule has 0 bridgehead atoms. The van der Waals surface area contributed by atoms with Crippen molar-refractivity contribution in [3.05, 3.63) is 47.9 Å². The fraction of sp³-hybridized carbons (Fsp3) is 0.333. The molecule has 0 heterocycles. The molecule has 0 radical (unpaired) electrons. The smallest absolute Gasteiger partial charge is 1.00 e. The molecule has 1 saturated carbocycles. The van der Waals surface area contributed by atoms with Crippen LogP contribution < -0.4 is 24.8 Å². The summed E-state index contributed by atoms with van der Waals surface area (Å²) in [6, 6.07) is 10.8. The molecule has 3 rings (SSSR count). The van der Waals surface area contributed by atoms with E-state index in [2.05, 4.69) is 50.6 Å². The summed E-state index contributed by atoms with van der Waals surface area (Å²) in [5.41, 5.74) is 2.81. The van der Waals surface area contributed by atoms with Crippen LogP contribution >= 0.6 is 0 Å². The van der Waals surface area contributed by atoms with Crippen LogP contribution in [0.2, 0.25) is 0 Å². The zero-order chi connectivity index (χ0) is 10.7. The van der Waals surface area contributed by atoms with Crippen molar-refractivity contribution in [1.29, 1.82) is 0 Å². The molecule has 0 nitrogen and oxygen atoms in total. The van der Waals surface area contributed by atoms with Crippen molar-refractivity contribution < 1.29 is 51.0 Å². The van der Waals surface area contributed by atoms with Gasteiger partial charge in [0, 0.05) is 0 Å². The fourth-order valence-electron chi connectivity index (χ4n) is 1.72. The van der Waals surface area contributed by atoms with Crippen LogP contribution in [0.4, 0.5) is 0 Å². The van der Waals surface area contributed by atoms with Crippen molar-refractivity contribution >= 4 is 10.8 Å². The van der Waals surface area contributed by atoms with Crippen molar-refractivity contribution in [2.24, 2.45) is 0 Å². The summed E-state index contributed by atoms with van der Waals surface area (Å²) in [5.74, 6) is 0. The molecule has 0 atom stereocenters. The van der Waals surface area contributed by atoms with Gasteiger partial charge in [-0.15, -0.1) is 47.0 Å². The summed E-state index contributed by atoms with van der Waals surface area (Å²) in [4.78, 5) is 0. The van der Waals surface area contributed by atoms with E-state index in [9.17, 15) is 0 Å². The van der Waals surface area contributed by atoms with Gasteiger partial charge in [0.1, 0.15) is 0 Å². The third kappa shape index (κ3) is 5.12. The van der Waals surface area contributed by atoms with Crippen LogP contribution in [0.5, 0.6) is 0 Å². The molecule has 1 fully saturated rings. The maximum absolute atomic E-state index is 2.31. The molecule has 0 aliphatic heterocycles. The molecule has 2 aromatic carbocycles. The molecule has 0 spiro atoms. The van der Waals surface area contributed by atoms with Gasteiger partial charge in [0.05, 0.1) is 0 Å². The van der Waals surface area contributed by atoms with Gasteiger partial charge in [-0.25, -0.2) is 0 Å². The Morgan fingerprint density at radius 2 is 1.50 bits per heavy atom. The summed E-state index contributed by atoms with van der Waals surface area (Å²) in [5, 5.41) is 2.76. The van der Waals surface area contributed by atoms with E-state index in [0.717, 1.165) is 0 Å². The number of hydrogen-bond donors (Lipinski definition) is 0. The maximum atomic E-state index is 2.31. The molecular weight excluding hydrogens is 342 g/mol. The molecule has 2 aromatic rings. The standard InChI is InChI=1S/C11H11.C4H7.2ClH.Zr/c1-8-7-10-5-3-4-6-11(10)9(8)2;1-2-4-3-1;;;/h3-7H,1-2H3;1H,2-4H2;2*1H;/q2*-1;;;+4/p-2. The van der Waals surface area contributed by atoms with E-state index >= 15 is 0 Å². The second kappa shape index (κ2) is 10.1. The third-order valence-electron chi connectivity index (χ3n) is 3.14. The average molecular weight is 360 g/mol. The first-order valence-electron chi connectivity index (χ1n) is 5.72. The van der Waals surface area contributed by atoms with Gasteiger partial charge in [0.15, 0.2) is 0 Å². The summed E-state index contributed by atoms with van der Waals surface area (Å²) in [6.45, 7) is 4.34. The Morgan fingerprint density at radius 3 is 1.94 bits per heavy atom. The summed E-state index contributed by atoms with van der Waals surface area (Å²) in [7, 11) is 0. The SMILES string of the molecule is Cc1[cH-]c2ccccc2c1C.[CH-]1CCC1.[Cl-].[Cl-].[Zr+4]. The van der Waals surface area contributed by atoms with E-state index in [4.69, 9.17) is 0 Å². The quantitative estimate of drug-likeness (QED) is 0.505. The Labute approximate surface area is 142 Å². The monoisotopic (exact) mass is 358 g/mol. The summed E-state index contributed by atoms with van der Waals surface area (Å²) < 4.78 is 0. The Morgan fingerprint density at radius 1 is 1.00 bits per heavy atom. The van der Waals surface area contributed by atoms with E-state index in [-0.39, 0.29) is 51.0 Å². The van der Waals surface area contributed by atoms with E-state index in [1.54, 1.807) is 0 Å². The van der Waals surface area contributed by atoms with Crippen LogP contribution in [0.1, 0.15) is 30.4 Å². The number of fused-ring (bicyclic) bond motifs is 1. The summed E-state index contributed by atoms with van der Waals surface area (Å²) >= 11 is 0. The molecular formula is C15H18Cl2Zr. The maximum Gasteiger partial charge on any atom is 4.00 e. The largest absolute Gasteiger partial charge is 4.00 e. The zero-order valence-corrected chi connectivity index (χ0v) is 14.8. The number of hydrogen-bond acceptors (Lipinski definition) is 0. The Kier molecular flexibility index (Phi) is 11.6. The number of halogens is 2. The van der Waals surface area contributed by atoms with E-state index < -0.39 is 0 Å². The molecule has 1 aliphatic carbocycles. The molecule has 0 N–H and O–H groups in total. The number of rotatable bonds is 0. The van der Waals surface area contributed by atoms with Crippen LogP contribution in [0.3, 0.4) is 0 Å². The summed E-state index contributed by atoms with van der Waals surface area (Å²) in [6.07, 6.45) is 6.50. The van der Waals surface area contributed by atoms with Crippen LogP contribution in [-0.4, -0.2) is 0 Å². The predicted octanol–water partition coefficient (Wildman–Crippen LogP) is -1.44. The first-order chi connectivity index (χ1) is 7.29. The molecule has 0 saturated heterocycles. The van der Waals surface area contributed by atoms with E-state index in [0.29, 0.717) is 0 Å². The minimum absolute atomic E-state index is 0. The topological polar surface area (TPSA) is 0 Å². The van der Waals surface area contributed by atoms with Crippen molar-refractivity contribution in [2.45, 2.75) is 33.1 Å². The van der Waals surface area contributed by atoms with Gasteiger partial charge < -0.3 is 31.2 Å². The molecule has 96 valence electrons. The van der Waals surface area contributed by atoms with Gasteiger partial charge in [0.25, 0.3) is 0 Å². The Balaban J connectivity index is 0. The fourth-order valence-corrected chi connectivity index (χ4v) is 1.72. The molecule has 3 heteroatoms. The Hall–Kier alpha value is 0.293. The van der Waals surface area contributed by atoms with Gasteiger partial charge in [0.2, 0.25) is 0 Å². The van der Waals surface area contributed by atoms with Crippen LogP contribution in [0.25, 0.3) is 10.8 Å². The molecule has 0 aromatic heterocycles. The van der Waals surface area contributed by atoms with Gasteiger partial charge in [-0.3, -0.25) is 0 Å². The van der Waals surface area contributed by atoms with Gasteiger partial charge >= 0.3 is 26.2 Å². The van der Waals surface area contributed by atoms with E-state index in [1.165, 1.54) is 41.2 Å². The predicted molar refractivity (Wildman–Crippen MR) is 67.2 cm³/mol. The molecule has 0 unspecified atom stereocenters.